The average Bonchev–Trinajstić information content (AvgIpc) is 2.69. The van der Waals surface area contributed by atoms with Crippen molar-refractivity contribution >= 4 is 10.0 Å². The van der Waals surface area contributed by atoms with Crippen LogP contribution in [0.25, 0.3) is 11.1 Å². The summed E-state index contributed by atoms with van der Waals surface area (Å²) >= 11 is 0. The molecule has 3 rings (SSSR count). The predicted octanol–water partition coefficient (Wildman–Crippen LogP) is 5.95. The lowest BCUT2D eigenvalue weighted by molar-refractivity contribution is -0.136. The standard InChI is InChI=1S/C23H28F3NO3S/c1-4-31(28,29)27(14-8-13-23(24,25)26)20-16-22(2,3)30-21-12-11-18(15-19(20)21)17-9-6-5-7-10-17/h5-7,9-12,15,20H,4,8,13-14,16H2,1-3H3. The highest BCUT2D eigenvalue weighted by atomic mass is 32.2. The molecule has 2 aromatic carbocycles. The zero-order chi connectivity index (χ0) is 22.9. The van der Waals surface area contributed by atoms with E-state index >= 15 is 0 Å². The Labute approximate surface area is 182 Å². The lowest BCUT2D eigenvalue weighted by atomic mass is 9.88. The molecule has 1 aliphatic rings. The van der Waals surface area contributed by atoms with E-state index in [2.05, 4.69) is 0 Å². The molecule has 1 unspecified atom stereocenters. The zero-order valence-corrected chi connectivity index (χ0v) is 18.8. The maximum absolute atomic E-state index is 12.9. The van der Waals surface area contributed by atoms with E-state index in [0.29, 0.717) is 17.7 Å². The summed E-state index contributed by atoms with van der Waals surface area (Å²) in [5, 5.41) is 0. The number of sulfonamides is 1. The number of ether oxygens (including phenoxy) is 1. The van der Waals surface area contributed by atoms with Gasteiger partial charge in [-0.15, -0.1) is 0 Å². The lowest BCUT2D eigenvalue weighted by Gasteiger charge is -2.42. The second-order valence-corrected chi connectivity index (χ2v) is 10.6. The quantitative estimate of drug-likeness (QED) is 0.518. The van der Waals surface area contributed by atoms with Crippen molar-refractivity contribution in [1.82, 2.24) is 4.31 Å². The molecule has 0 saturated carbocycles. The molecule has 2 aromatic rings. The summed E-state index contributed by atoms with van der Waals surface area (Å²) in [4.78, 5) is 0. The molecule has 0 amide bonds. The molecule has 8 heteroatoms. The fourth-order valence-corrected chi connectivity index (χ4v) is 5.29. The Morgan fingerprint density at radius 2 is 1.77 bits per heavy atom. The highest BCUT2D eigenvalue weighted by molar-refractivity contribution is 7.89. The third kappa shape index (κ3) is 5.80. The molecule has 0 saturated heterocycles. The van der Waals surface area contributed by atoms with Gasteiger partial charge >= 0.3 is 6.18 Å². The molecule has 0 aromatic heterocycles. The molecule has 1 aliphatic heterocycles. The van der Waals surface area contributed by atoms with Gasteiger partial charge in [-0.1, -0.05) is 36.4 Å². The first kappa shape index (κ1) is 23.6. The number of benzene rings is 2. The van der Waals surface area contributed by atoms with Gasteiger partial charge in [0.25, 0.3) is 0 Å². The molecule has 0 spiro atoms. The summed E-state index contributed by atoms with van der Waals surface area (Å²) in [5.41, 5.74) is 1.90. The summed E-state index contributed by atoms with van der Waals surface area (Å²) in [5.74, 6) is 0.387. The zero-order valence-electron chi connectivity index (χ0n) is 17.9. The molecular formula is C23H28F3NO3S. The minimum atomic E-state index is -4.32. The number of hydrogen-bond acceptors (Lipinski definition) is 3. The Morgan fingerprint density at radius 1 is 1.10 bits per heavy atom. The van der Waals surface area contributed by atoms with Crippen molar-refractivity contribution in [2.75, 3.05) is 12.3 Å². The van der Waals surface area contributed by atoms with Crippen LogP contribution in [-0.2, 0) is 10.0 Å². The molecule has 4 nitrogen and oxygen atoms in total. The number of hydrogen-bond donors (Lipinski definition) is 0. The van der Waals surface area contributed by atoms with Crippen molar-refractivity contribution in [3.8, 4) is 16.9 Å². The first-order chi connectivity index (χ1) is 14.4. The number of nitrogens with zero attached hydrogens (tertiary/aromatic N) is 1. The maximum Gasteiger partial charge on any atom is 0.389 e. The summed E-state index contributed by atoms with van der Waals surface area (Å²) in [6.07, 6.45) is -5.28. The van der Waals surface area contributed by atoms with Gasteiger partial charge in [-0.05, 0) is 50.5 Å². The number of halogens is 3. The molecule has 31 heavy (non-hydrogen) atoms. The summed E-state index contributed by atoms with van der Waals surface area (Å²) in [6.45, 7) is 5.05. The normalized spacial score (nSPS) is 18.5. The number of fused-ring (bicyclic) bond motifs is 1. The fraction of sp³-hybridized carbons (Fsp3) is 0.478. The van der Waals surface area contributed by atoms with Crippen LogP contribution in [0.4, 0.5) is 13.2 Å². The predicted molar refractivity (Wildman–Crippen MR) is 115 cm³/mol. The van der Waals surface area contributed by atoms with Gasteiger partial charge in [0.15, 0.2) is 0 Å². The molecule has 0 aliphatic carbocycles. The van der Waals surface area contributed by atoms with E-state index in [4.69, 9.17) is 4.74 Å². The molecule has 0 bridgehead atoms. The van der Waals surface area contributed by atoms with Crippen LogP contribution >= 0.6 is 0 Å². The SMILES string of the molecule is CCS(=O)(=O)N(CCCC(F)(F)F)C1CC(C)(C)Oc2ccc(-c3ccccc3)cc21. The van der Waals surface area contributed by atoms with Crippen LogP contribution < -0.4 is 4.74 Å². The summed E-state index contributed by atoms with van der Waals surface area (Å²) in [7, 11) is -3.74. The minimum Gasteiger partial charge on any atom is -0.487 e. The van der Waals surface area contributed by atoms with Crippen LogP contribution in [0.15, 0.2) is 48.5 Å². The molecule has 1 atom stereocenters. The topological polar surface area (TPSA) is 46.6 Å². The number of alkyl halides is 3. The fourth-order valence-electron chi connectivity index (χ4n) is 3.97. The van der Waals surface area contributed by atoms with Crippen LogP contribution in [-0.4, -0.2) is 36.8 Å². The highest BCUT2D eigenvalue weighted by Gasteiger charge is 2.41. The summed E-state index contributed by atoms with van der Waals surface area (Å²) in [6, 6.07) is 14.7. The van der Waals surface area contributed by atoms with Crippen LogP contribution in [0.3, 0.4) is 0 Å². The van der Waals surface area contributed by atoms with Crippen molar-refractivity contribution in [1.29, 1.82) is 0 Å². The van der Waals surface area contributed by atoms with Gasteiger partial charge in [-0.25, -0.2) is 8.42 Å². The first-order valence-corrected chi connectivity index (χ1v) is 12.0. The molecule has 0 N–H and O–H groups in total. The maximum atomic E-state index is 12.9. The van der Waals surface area contributed by atoms with Gasteiger partial charge in [0.05, 0.1) is 11.8 Å². The van der Waals surface area contributed by atoms with Gasteiger partial charge in [0.2, 0.25) is 10.0 Å². The van der Waals surface area contributed by atoms with Crippen molar-refractivity contribution < 1.29 is 26.3 Å². The Hall–Kier alpha value is -2.06. The third-order valence-electron chi connectivity index (χ3n) is 5.46. The Balaban J connectivity index is 2.04. The van der Waals surface area contributed by atoms with E-state index in [-0.39, 0.29) is 18.7 Å². The third-order valence-corrected chi connectivity index (χ3v) is 7.34. The second kappa shape index (κ2) is 8.82. The largest absolute Gasteiger partial charge is 0.487 e. The first-order valence-electron chi connectivity index (χ1n) is 10.4. The van der Waals surface area contributed by atoms with Gasteiger partial charge < -0.3 is 4.74 Å². The highest BCUT2D eigenvalue weighted by Crippen LogP contribution is 2.45. The van der Waals surface area contributed by atoms with Crippen LogP contribution in [0.5, 0.6) is 5.75 Å². The van der Waals surface area contributed by atoms with Gasteiger partial charge in [-0.2, -0.15) is 17.5 Å². The molecule has 170 valence electrons. The van der Waals surface area contributed by atoms with E-state index in [1.54, 1.807) is 0 Å². The summed E-state index contributed by atoms with van der Waals surface area (Å²) < 4.78 is 71.4. The van der Waals surface area contributed by atoms with Crippen LogP contribution in [0, 0.1) is 0 Å². The van der Waals surface area contributed by atoms with E-state index < -0.39 is 34.3 Å². The number of rotatable bonds is 7. The smallest absolute Gasteiger partial charge is 0.389 e. The molecule has 0 radical (unpaired) electrons. The van der Waals surface area contributed by atoms with Crippen molar-refractivity contribution in [2.45, 2.75) is 57.9 Å². The van der Waals surface area contributed by atoms with Gasteiger partial charge in [0, 0.05) is 24.9 Å². The van der Waals surface area contributed by atoms with Gasteiger partial charge in [-0.3, -0.25) is 0 Å². The molecule has 1 heterocycles. The van der Waals surface area contributed by atoms with E-state index in [1.807, 2.05) is 62.4 Å². The van der Waals surface area contributed by atoms with Crippen molar-refractivity contribution in [3.63, 3.8) is 0 Å². The van der Waals surface area contributed by atoms with Crippen LogP contribution in [0.1, 0.15) is 51.6 Å². The van der Waals surface area contributed by atoms with E-state index in [1.165, 1.54) is 11.2 Å². The molecular weight excluding hydrogens is 427 g/mol. The second-order valence-electron chi connectivity index (χ2n) is 8.43. The van der Waals surface area contributed by atoms with E-state index in [0.717, 1.165) is 11.1 Å². The van der Waals surface area contributed by atoms with Gasteiger partial charge in [0.1, 0.15) is 11.4 Å². The lowest BCUT2D eigenvalue weighted by Crippen LogP contribution is -2.44. The van der Waals surface area contributed by atoms with Crippen molar-refractivity contribution in [3.05, 3.63) is 54.1 Å². The van der Waals surface area contributed by atoms with Crippen LogP contribution in [0.2, 0.25) is 0 Å². The van der Waals surface area contributed by atoms with Crippen molar-refractivity contribution in [2.24, 2.45) is 0 Å². The van der Waals surface area contributed by atoms with E-state index in [9.17, 15) is 21.6 Å². The monoisotopic (exact) mass is 455 g/mol. The Kier molecular flexibility index (Phi) is 6.72. The minimum absolute atomic E-state index is 0.176. The molecule has 0 fully saturated rings. The Morgan fingerprint density at radius 3 is 2.39 bits per heavy atom. The average molecular weight is 456 g/mol. The Bertz CT molecular complexity index is 1000.